The molecule has 5 rings (SSSR count). The molecule has 2 fully saturated rings. The molecule has 1 N–H and O–H groups in total. The van der Waals surface area contributed by atoms with Gasteiger partial charge in [-0.3, -0.25) is 14.5 Å². The van der Waals surface area contributed by atoms with E-state index in [2.05, 4.69) is 15.2 Å². The number of hydrogen-bond acceptors (Lipinski definition) is 6. The molecule has 5 heterocycles. The average molecular weight is 438 g/mol. The summed E-state index contributed by atoms with van der Waals surface area (Å²) in [5, 5.41) is 7.01. The van der Waals surface area contributed by atoms with Crippen LogP contribution in [0.5, 0.6) is 0 Å². The lowest BCUT2D eigenvalue weighted by Gasteiger charge is -2.37. The monoisotopic (exact) mass is 438 g/mol. The van der Waals surface area contributed by atoms with E-state index in [9.17, 15) is 18.0 Å². The highest BCUT2D eigenvalue weighted by atomic mass is 19.4. The van der Waals surface area contributed by atoms with Crippen molar-refractivity contribution in [2.75, 3.05) is 29.5 Å². The lowest BCUT2D eigenvalue weighted by atomic mass is 10.00. The maximum atomic E-state index is 14.2. The summed E-state index contributed by atoms with van der Waals surface area (Å²) >= 11 is 0. The molecular weight excluding hydrogens is 413 g/mol. The summed E-state index contributed by atoms with van der Waals surface area (Å²) in [5.74, 6) is 0.504. The molecule has 8 nitrogen and oxygen atoms in total. The Morgan fingerprint density at radius 1 is 1.35 bits per heavy atom. The Morgan fingerprint density at radius 3 is 2.71 bits per heavy atom. The van der Waals surface area contributed by atoms with Gasteiger partial charge in [-0.2, -0.15) is 23.3 Å². The summed E-state index contributed by atoms with van der Waals surface area (Å²) < 4.78 is 49.4. The second kappa shape index (κ2) is 6.72. The van der Waals surface area contributed by atoms with E-state index < -0.39 is 23.8 Å². The number of aryl methyl sites for hydroxylation is 2. The van der Waals surface area contributed by atoms with E-state index in [-0.39, 0.29) is 24.6 Å². The van der Waals surface area contributed by atoms with E-state index in [1.165, 1.54) is 11.0 Å². The van der Waals surface area contributed by atoms with Crippen molar-refractivity contribution in [1.29, 1.82) is 0 Å². The van der Waals surface area contributed by atoms with E-state index in [0.29, 0.717) is 25.4 Å². The van der Waals surface area contributed by atoms with Crippen LogP contribution in [-0.4, -0.2) is 63.3 Å². The first-order valence-electron chi connectivity index (χ1n) is 10.4. The first kappa shape index (κ1) is 20.3. The first-order chi connectivity index (χ1) is 14.6. The van der Waals surface area contributed by atoms with Gasteiger partial charge in [-0.15, -0.1) is 0 Å². The zero-order chi connectivity index (χ0) is 22.1. The van der Waals surface area contributed by atoms with Crippen molar-refractivity contribution in [3.05, 3.63) is 33.4 Å². The highest BCUT2D eigenvalue weighted by Gasteiger charge is 2.59. The largest absolute Gasteiger partial charge is 0.413 e. The number of aromatic nitrogens is 4. The molecule has 0 aromatic carbocycles. The molecule has 3 unspecified atom stereocenters. The van der Waals surface area contributed by atoms with Crippen LogP contribution in [0, 0.1) is 13.8 Å². The minimum absolute atomic E-state index is 0.0717. The molecule has 2 aromatic rings. The molecule has 168 valence electrons. The van der Waals surface area contributed by atoms with Crippen molar-refractivity contribution in [1.82, 2.24) is 19.7 Å². The van der Waals surface area contributed by atoms with Crippen LogP contribution in [0.3, 0.4) is 0 Å². The van der Waals surface area contributed by atoms with Crippen LogP contribution < -0.4 is 15.4 Å². The number of halogens is 3. The van der Waals surface area contributed by atoms with Crippen molar-refractivity contribution in [3.8, 4) is 0 Å². The van der Waals surface area contributed by atoms with Crippen molar-refractivity contribution in [2.24, 2.45) is 0 Å². The second-order valence-electron chi connectivity index (χ2n) is 8.92. The molecule has 0 aliphatic carbocycles. The minimum atomic E-state index is -4.53. The summed E-state index contributed by atoms with van der Waals surface area (Å²) in [6, 6.07) is 1.47. The van der Waals surface area contributed by atoms with Gasteiger partial charge in [0.15, 0.2) is 5.54 Å². The van der Waals surface area contributed by atoms with E-state index in [4.69, 9.17) is 4.74 Å². The molecule has 11 heteroatoms. The Balaban J connectivity index is 1.54. The average Bonchev–Trinajstić information content (AvgIpc) is 3.45. The number of H-pyrrole nitrogens is 1. The molecule has 31 heavy (non-hydrogen) atoms. The molecular formula is C20H25F3N6O2. The molecule has 0 spiro atoms. The molecule has 2 aromatic heterocycles. The Morgan fingerprint density at radius 2 is 2.13 bits per heavy atom. The predicted octanol–water partition coefficient (Wildman–Crippen LogP) is 1.94. The third-order valence-electron chi connectivity index (χ3n) is 6.95. The van der Waals surface area contributed by atoms with Gasteiger partial charge in [0.1, 0.15) is 5.82 Å². The van der Waals surface area contributed by atoms with Gasteiger partial charge >= 0.3 is 6.18 Å². The Hall–Kier alpha value is -2.56. The van der Waals surface area contributed by atoms with E-state index in [1.807, 2.05) is 18.7 Å². The molecule has 2 bridgehead atoms. The molecule has 0 radical (unpaired) electrons. The van der Waals surface area contributed by atoms with Gasteiger partial charge in [-0.1, -0.05) is 0 Å². The maximum absolute atomic E-state index is 14.2. The normalized spacial score (nSPS) is 27.4. The number of fused-ring (bicyclic) bond motifs is 3. The van der Waals surface area contributed by atoms with Crippen LogP contribution in [0.4, 0.5) is 24.9 Å². The third-order valence-corrected chi connectivity index (χ3v) is 6.95. The minimum Gasteiger partial charge on any atom is -0.374 e. The number of hydrogen-bond donors (Lipinski definition) is 1. The van der Waals surface area contributed by atoms with Gasteiger partial charge in [0, 0.05) is 24.8 Å². The Kier molecular flexibility index (Phi) is 4.41. The topological polar surface area (TPSA) is 79.3 Å². The predicted molar refractivity (Wildman–Crippen MR) is 108 cm³/mol. The fraction of sp³-hybridized carbons (Fsp3) is 0.650. The fourth-order valence-corrected chi connectivity index (χ4v) is 5.03. The summed E-state index contributed by atoms with van der Waals surface area (Å²) in [5.41, 5.74) is -0.202. The van der Waals surface area contributed by atoms with E-state index in [0.717, 1.165) is 34.9 Å². The van der Waals surface area contributed by atoms with Crippen LogP contribution in [0.25, 0.3) is 0 Å². The van der Waals surface area contributed by atoms with Crippen molar-refractivity contribution in [3.63, 3.8) is 0 Å². The van der Waals surface area contributed by atoms with Crippen LogP contribution in [-0.2, 0) is 17.7 Å². The summed E-state index contributed by atoms with van der Waals surface area (Å²) in [7, 11) is 0. The van der Waals surface area contributed by atoms with E-state index >= 15 is 0 Å². The maximum Gasteiger partial charge on any atom is 0.413 e. The van der Waals surface area contributed by atoms with Crippen LogP contribution in [0.1, 0.15) is 30.3 Å². The Bertz CT molecular complexity index is 1060. The Labute approximate surface area is 177 Å². The van der Waals surface area contributed by atoms with Gasteiger partial charge < -0.3 is 14.5 Å². The lowest BCUT2D eigenvalue weighted by Crippen LogP contribution is -2.56. The zero-order valence-corrected chi connectivity index (χ0v) is 17.7. The molecule has 0 saturated carbocycles. The third kappa shape index (κ3) is 3.04. The standard InChI is InChI=1S/C20H25F3N6O2/c1-11-15(12(2)26-25-11)4-5-29-18-24-16(27-8-14-6-13(27)9-31-14)7-17(30)28(18)10-19(29,3)20(21,22)23/h7,13-14H,4-6,8-10H2,1-3H3,(H,25,26). The van der Waals surface area contributed by atoms with Crippen molar-refractivity contribution < 1.29 is 17.9 Å². The highest BCUT2D eigenvalue weighted by molar-refractivity contribution is 5.51. The van der Waals surface area contributed by atoms with Crippen LogP contribution in [0.2, 0.25) is 0 Å². The fourth-order valence-electron chi connectivity index (χ4n) is 5.03. The highest BCUT2D eigenvalue weighted by Crippen LogP contribution is 2.44. The molecule has 0 amide bonds. The zero-order valence-electron chi connectivity index (χ0n) is 17.7. The lowest BCUT2D eigenvalue weighted by molar-refractivity contribution is -0.182. The number of aromatic amines is 1. The summed E-state index contributed by atoms with van der Waals surface area (Å²) in [4.78, 5) is 20.7. The first-order valence-corrected chi connectivity index (χ1v) is 10.4. The van der Waals surface area contributed by atoms with Crippen molar-refractivity contribution in [2.45, 2.75) is 64.0 Å². The van der Waals surface area contributed by atoms with Gasteiger partial charge in [0.05, 0.1) is 31.0 Å². The van der Waals surface area contributed by atoms with Gasteiger partial charge in [-0.25, -0.2) is 0 Å². The molecule has 3 aliphatic rings. The number of ether oxygens (including phenoxy) is 1. The smallest absolute Gasteiger partial charge is 0.374 e. The summed E-state index contributed by atoms with van der Waals surface area (Å²) in [6.45, 7) is 5.56. The van der Waals surface area contributed by atoms with E-state index in [1.54, 1.807) is 0 Å². The van der Waals surface area contributed by atoms with Crippen LogP contribution in [0.15, 0.2) is 10.9 Å². The van der Waals surface area contributed by atoms with Gasteiger partial charge in [0.25, 0.3) is 5.56 Å². The number of nitrogens with one attached hydrogen (secondary N) is 1. The van der Waals surface area contributed by atoms with Crippen LogP contribution >= 0.6 is 0 Å². The molecule has 3 atom stereocenters. The summed E-state index contributed by atoms with van der Waals surface area (Å²) in [6.07, 6.45) is -3.23. The number of alkyl halides is 3. The number of rotatable bonds is 4. The molecule has 2 saturated heterocycles. The number of anilines is 2. The van der Waals surface area contributed by atoms with Crippen molar-refractivity contribution >= 4 is 11.8 Å². The quantitative estimate of drug-likeness (QED) is 0.786. The number of morpholine rings is 1. The van der Waals surface area contributed by atoms with Gasteiger partial charge in [0.2, 0.25) is 5.95 Å². The molecule has 3 aliphatic heterocycles. The van der Waals surface area contributed by atoms with Gasteiger partial charge in [-0.05, 0) is 39.2 Å². The number of nitrogens with zero attached hydrogens (tertiary/aromatic N) is 5. The SMILES string of the molecule is Cc1n[nH]c(C)c1CCN1c2nc(N3CC4CC3CO4)cc(=O)n2CC1(C)C(F)(F)F. The second-order valence-corrected chi connectivity index (χ2v) is 8.92.